The first-order valence-electron chi connectivity index (χ1n) is 7.01. The fourth-order valence-corrected chi connectivity index (χ4v) is 3.00. The van der Waals surface area contributed by atoms with Gasteiger partial charge in [0.25, 0.3) is 0 Å². The summed E-state index contributed by atoms with van der Waals surface area (Å²) in [6.07, 6.45) is 2.85. The van der Waals surface area contributed by atoms with Gasteiger partial charge in [-0.2, -0.15) is 0 Å². The molecule has 114 valence electrons. The normalized spacial score (nSPS) is 19.0. The Morgan fingerprint density at radius 3 is 2.62 bits per heavy atom. The molecule has 4 nitrogen and oxygen atoms in total. The largest absolute Gasteiger partial charge is 0.458 e. The Morgan fingerprint density at radius 1 is 1.33 bits per heavy atom. The van der Waals surface area contributed by atoms with E-state index in [0.717, 1.165) is 10.6 Å². The molecule has 0 saturated carbocycles. The van der Waals surface area contributed by atoms with Crippen molar-refractivity contribution in [3.63, 3.8) is 0 Å². The molecule has 1 atom stereocenters. The van der Waals surface area contributed by atoms with Crippen LogP contribution in [0.2, 0.25) is 0 Å². The fraction of sp³-hybridized carbons (Fsp3) is 0.500. The monoisotopic (exact) mass is 307 g/mol. The number of hydrogen-bond acceptors (Lipinski definition) is 4. The Balaban J connectivity index is 2.31. The zero-order valence-electron chi connectivity index (χ0n) is 12.9. The number of thioether (sulfide) groups is 1. The first-order chi connectivity index (χ1) is 9.83. The van der Waals surface area contributed by atoms with E-state index in [1.807, 2.05) is 51.3 Å². The average Bonchev–Trinajstić information content (AvgIpc) is 2.78. The lowest BCUT2D eigenvalue weighted by atomic mass is 10.1. The number of amides is 1. The molecule has 1 unspecified atom stereocenters. The van der Waals surface area contributed by atoms with Crippen molar-refractivity contribution in [3.8, 4) is 0 Å². The van der Waals surface area contributed by atoms with Crippen LogP contribution >= 0.6 is 11.8 Å². The SMILES string of the molecule is CSc1ccccc1N1C(=O)CCC1C(=O)OC(C)(C)C. The molecule has 1 aliphatic heterocycles. The van der Waals surface area contributed by atoms with Crippen LogP contribution < -0.4 is 4.90 Å². The zero-order valence-corrected chi connectivity index (χ0v) is 13.7. The van der Waals surface area contributed by atoms with E-state index in [2.05, 4.69) is 0 Å². The first-order valence-corrected chi connectivity index (χ1v) is 8.24. The quantitative estimate of drug-likeness (QED) is 0.635. The third kappa shape index (κ3) is 3.59. The summed E-state index contributed by atoms with van der Waals surface area (Å²) in [6.45, 7) is 5.51. The van der Waals surface area contributed by atoms with Crippen molar-refractivity contribution in [1.82, 2.24) is 0 Å². The number of para-hydroxylation sites is 1. The standard InChI is InChI=1S/C16H21NO3S/c1-16(2,3)20-15(19)12-9-10-14(18)17(12)11-7-5-6-8-13(11)21-4/h5-8,12H,9-10H2,1-4H3. The Kier molecular flexibility index (Phi) is 4.61. The van der Waals surface area contributed by atoms with Crippen LogP contribution in [0.1, 0.15) is 33.6 Å². The number of benzene rings is 1. The topological polar surface area (TPSA) is 46.6 Å². The smallest absolute Gasteiger partial charge is 0.329 e. The number of carbonyl (C=O) groups is 2. The van der Waals surface area contributed by atoms with Gasteiger partial charge < -0.3 is 4.74 Å². The molecule has 0 aliphatic carbocycles. The Morgan fingerprint density at radius 2 is 2.00 bits per heavy atom. The van der Waals surface area contributed by atoms with Crippen molar-refractivity contribution in [2.24, 2.45) is 0 Å². The van der Waals surface area contributed by atoms with Crippen LogP contribution in [-0.4, -0.2) is 29.8 Å². The molecule has 1 aliphatic rings. The minimum absolute atomic E-state index is 0.0210. The Bertz CT molecular complexity index is 551. The number of rotatable bonds is 3. The van der Waals surface area contributed by atoms with E-state index in [-0.39, 0.29) is 11.9 Å². The maximum absolute atomic E-state index is 12.4. The second-order valence-electron chi connectivity index (χ2n) is 6.02. The summed E-state index contributed by atoms with van der Waals surface area (Å²) in [7, 11) is 0. The molecule has 1 aromatic rings. The molecule has 0 bridgehead atoms. The van der Waals surface area contributed by atoms with Crippen molar-refractivity contribution in [3.05, 3.63) is 24.3 Å². The second kappa shape index (κ2) is 6.10. The molecule has 1 aromatic carbocycles. The summed E-state index contributed by atoms with van der Waals surface area (Å²) in [4.78, 5) is 27.2. The van der Waals surface area contributed by atoms with E-state index in [1.165, 1.54) is 0 Å². The van der Waals surface area contributed by atoms with Crippen LogP contribution in [0, 0.1) is 0 Å². The highest BCUT2D eigenvalue weighted by Gasteiger charge is 2.40. The second-order valence-corrected chi connectivity index (χ2v) is 6.87. The summed E-state index contributed by atoms with van der Waals surface area (Å²) in [5.41, 5.74) is 0.247. The Hall–Kier alpha value is -1.49. The van der Waals surface area contributed by atoms with Crippen molar-refractivity contribution in [2.45, 2.75) is 50.2 Å². The molecule has 5 heteroatoms. The third-order valence-electron chi connectivity index (χ3n) is 3.24. The van der Waals surface area contributed by atoms with E-state index in [9.17, 15) is 9.59 Å². The third-order valence-corrected chi connectivity index (χ3v) is 4.02. The summed E-state index contributed by atoms with van der Waals surface area (Å²) < 4.78 is 5.46. The fourth-order valence-electron chi connectivity index (χ4n) is 2.41. The van der Waals surface area contributed by atoms with Gasteiger partial charge in [0.1, 0.15) is 11.6 Å². The van der Waals surface area contributed by atoms with Gasteiger partial charge in [0, 0.05) is 11.3 Å². The van der Waals surface area contributed by atoms with Gasteiger partial charge in [-0.15, -0.1) is 11.8 Å². The highest BCUT2D eigenvalue weighted by atomic mass is 32.2. The molecule has 1 heterocycles. The minimum Gasteiger partial charge on any atom is -0.458 e. The van der Waals surface area contributed by atoms with Gasteiger partial charge in [0.05, 0.1) is 5.69 Å². The van der Waals surface area contributed by atoms with E-state index in [0.29, 0.717) is 12.8 Å². The van der Waals surface area contributed by atoms with Gasteiger partial charge >= 0.3 is 5.97 Å². The summed E-state index contributed by atoms with van der Waals surface area (Å²) >= 11 is 1.57. The van der Waals surface area contributed by atoms with Crippen LogP contribution in [0.15, 0.2) is 29.2 Å². The lowest BCUT2D eigenvalue weighted by Gasteiger charge is -2.28. The van der Waals surface area contributed by atoms with Gasteiger partial charge in [0.15, 0.2) is 0 Å². The number of carbonyl (C=O) groups excluding carboxylic acids is 2. The highest BCUT2D eigenvalue weighted by molar-refractivity contribution is 7.98. The molecule has 0 spiro atoms. The van der Waals surface area contributed by atoms with Gasteiger partial charge in [-0.1, -0.05) is 12.1 Å². The molecule has 0 radical (unpaired) electrons. The summed E-state index contributed by atoms with van der Waals surface area (Å²) in [6, 6.07) is 7.13. The van der Waals surface area contributed by atoms with Crippen molar-refractivity contribution in [2.75, 3.05) is 11.2 Å². The van der Waals surface area contributed by atoms with E-state index < -0.39 is 11.6 Å². The van der Waals surface area contributed by atoms with Gasteiger partial charge in [-0.05, 0) is 45.6 Å². The molecule has 0 N–H and O–H groups in total. The molecule has 2 rings (SSSR count). The lowest BCUT2D eigenvalue weighted by molar-refractivity contribution is -0.156. The maximum atomic E-state index is 12.4. The average molecular weight is 307 g/mol. The minimum atomic E-state index is -0.548. The van der Waals surface area contributed by atoms with Gasteiger partial charge in [-0.3, -0.25) is 9.69 Å². The van der Waals surface area contributed by atoms with E-state index in [1.54, 1.807) is 16.7 Å². The molecule has 1 fully saturated rings. The predicted molar refractivity (Wildman–Crippen MR) is 84.6 cm³/mol. The van der Waals surface area contributed by atoms with Crippen LogP contribution in [0.25, 0.3) is 0 Å². The van der Waals surface area contributed by atoms with Crippen LogP contribution in [0.5, 0.6) is 0 Å². The highest BCUT2D eigenvalue weighted by Crippen LogP contribution is 2.34. The predicted octanol–water partition coefficient (Wildman–Crippen LogP) is 3.25. The molecule has 21 heavy (non-hydrogen) atoms. The molecular formula is C16H21NO3S. The van der Waals surface area contributed by atoms with E-state index >= 15 is 0 Å². The van der Waals surface area contributed by atoms with E-state index in [4.69, 9.17) is 4.74 Å². The molecule has 1 saturated heterocycles. The van der Waals surface area contributed by atoms with Crippen LogP contribution in [0.3, 0.4) is 0 Å². The number of esters is 1. The van der Waals surface area contributed by atoms with Gasteiger partial charge in [0.2, 0.25) is 5.91 Å². The number of hydrogen-bond donors (Lipinski definition) is 0. The van der Waals surface area contributed by atoms with Crippen LogP contribution in [0.4, 0.5) is 5.69 Å². The molecular weight excluding hydrogens is 286 g/mol. The molecule has 1 amide bonds. The first kappa shape index (κ1) is 15.9. The summed E-state index contributed by atoms with van der Waals surface area (Å²) in [5.74, 6) is -0.350. The summed E-state index contributed by atoms with van der Waals surface area (Å²) in [5, 5.41) is 0. The van der Waals surface area contributed by atoms with Gasteiger partial charge in [-0.25, -0.2) is 4.79 Å². The maximum Gasteiger partial charge on any atom is 0.329 e. The lowest BCUT2D eigenvalue weighted by Crippen LogP contribution is -2.42. The number of anilines is 1. The van der Waals surface area contributed by atoms with Crippen molar-refractivity contribution >= 4 is 29.3 Å². The molecule has 0 aromatic heterocycles. The number of nitrogens with zero attached hydrogens (tertiary/aromatic N) is 1. The van der Waals surface area contributed by atoms with Crippen molar-refractivity contribution in [1.29, 1.82) is 0 Å². The Labute approximate surface area is 129 Å². The zero-order chi connectivity index (χ0) is 15.6. The number of ether oxygens (including phenoxy) is 1. The van der Waals surface area contributed by atoms with Crippen LogP contribution in [-0.2, 0) is 14.3 Å². The van der Waals surface area contributed by atoms with Crippen molar-refractivity contribution < 1.29 is 14.3 Å².